The summed E-state index contributed by atoms with van der Waals surface area (Å²) in [6, 6.07) is 10.5. The average molecular weight is 256 g/mol. The van der Waals surface area contributed by atoms with Crippen molar-refractivity contribution in [3.05, 3.63) is 46.2 Å². The summed E-state index contributed by atoms with van der Waals surface area (Å²) in [6.45, 7) is 2.95. The van der Waals surface area contributed by atoms with Gasteiger partial charge in [0.2, 0.25) is 0 Å². The fourth-order valence-corrected chi connectivity index (χ4v) is 3.01. The number of fused-ring (bicyclic) bond motifs is 1. The predicted molar refractivity (Wildman–Crippen MR) is 78.2 cm³/mol. The van der Waals surface area contributed by atoms with E-state index in [-0.39, 0.29) is 5.56 Å². The van der Waals surface area contributed by atoms with Gasteiger partial charge in [-0.3, -0.25) is 4.79 Å². The van der Waals surface area contributed by atoms with Crippen LogP contribution in [0.3, 0.4) is 0 Å². The number of hydrogen-bond donors (Lipinski definition) is 2. The van der Waals surface area contributed by atoms with Gasteiger partial charge in [0.05, 0.1) is 0 Å². The number of nitrogens with one attached hydrogen (secondary N) is 2. The lowest BCUT2D eigenvalue weighted by Gasteiger charge is -2.17. The van der Waals surface area contributed by atoms with Gasteiger partial charge in [-0.15, -0.1) is 0 Å². The van der Waals surface area contributed by atoms with E-state index in [0.717, 1.165) is 22.4 Å². The van der Waals surface area contributed by atoms with Crippen molar-refractivity contribution in [1.82, 2.24) is 10.3 Å². The van der Waals surface area contributed by atoms with Gasteiger partial charge in [-0.25, -0.2) is 0 Å². The van der Waals surface area contributed by atoms with Crippen molar-refractivity contribution in [3.8, 4) is 0 Å². The topological polar surface area (TPSA) is 44.9 Å². The molecular weight excluding hydrogens is 236 g/mol. The lowest BCUT2D eigenvalue weighted by molar-refractivity contribution is 0.425. The zero-order valence-corrected chi connectivity index (χ0v) is 11.3. The molecule has 1 aliphatic rings. The smallest absolute Gasteiger partial charge is 0.252 e. The summed E-state index contributed by atoms with van der Waals surface area (Å²) in [5.74, 6) is 0.722. The molecule has 3 nitrogen and oxygen atoms in total. The fraction of sp³-hybridized carbons (Fsp3) is 0.438. The third-order valence-electron chi connectivity index (χ3n) is 4.25. The molecule has 100 valence electrons. The van der Waals surface area contributed by atoms with Gasteiger partial charge in [0.25, 0.3) is 5.56 Å². The van der Waals surface area contributed by atoms with Crippen LogP contribution in [0.5, 0.6) is 0 Å². The second kappa shape index (κ2) is 5.17. The number of para-hydroxylation sites is 1. The Morgan fingerprint density at radius 3 is 2.95 bits per heavy atom. The molecule has 1 aromatic carbocycles. The minimum atomic E-state index is 0.0249. The molecule has 2 N–H and O–H groups in total. The number of H-pyrrole nitrogens is 1. The van der Waals surface area contributed by atoms with Crippen LogP contribution < -0.4 is 10.9 Å². The van der Waals surface area contributed by atoms with E-state index < -0.39 is 0 Å². The summed E-state index contributed by atoms with van der Waals surface area (Å²) in [6.07, 6.45) is 3.82. The van der Waals surface area contributed by atoms with Gasteiger partial charge in [0.15, 0.2) is 0 Å². The molecule has 2 aromatic rings. The predicted octanol–water partition coefficient (Wildman–Crippen LogP) is 2.81. The molecule has 1 aromatic heterocycles. The largest absolute Gasteiger partial charge is 0.322 e. The molecule has 0 spiro atoms. The Labute approximate surface area is 113 Å². The highest BCUT2D eigenvalue weighted by Gasteiger charge is 2.22. The van der Waals surface area contributed by atoms with Crippen LogP contribution in [-0.4, -0.2) is 11.0 Å². The molecule has 0 amide bonds. The van der Waals surface area contributed by atoms with E-state index in [0.29, 0.717) is 12.6 Å². The number of aromatic amines is 1. The minimum absolute atomic E-state index is 0.0249. The molecule has 3 rings (SSSR count). The molecule has 19 heavy (non-hydrogen) atoms. The van der Waals surface area contributed by atoms with Crippen molar-refractivity contribution in [1.29, 1.82) is 0 Å². The van der Waals surface area contributed by atoms with E-state index in [4.69, 9.17) is 0 Å². The summed E-state index contributed by atoms with van der Waals surface area (Å²) in [5, 5.41) is 4.63. The Hall–Kier alpha value is -1.61. The van der Waals surface area contributed by atoms with Crippen molar-refractivity contribution in [2.45, 2.75) is 38.8 Å². The van der Waals surface area contributed by atoms with Gasteiger partial charge >= 0.3 is 0 Å². The van der Waals surface area contributed by atoms with E-state index in [1.54, 1.807) is 0 Å². The number of benzene rings is 1. The molecule has 2 unspecified atom stereocenters. The number of aromatic nitrogens is 1. The lowest BCUT2D eigenvalue weighted by Crippen LogP contribution is -2.32. The SMILES string of the molecule is CC1CCCC1NCc1cc2ccccc2[nH]c1=O. The number of rotatable bonds is 3. The summed E-state index contributed by atoms with van der Waals surface area (Å²) >= 11 is 0. The van der Waals surface area contributed by atoms with Crippen molar-refractivity contribution < 1.29 is 0 Å². The molecule has 3 heteroatoms. The Balaban J connectivity index is 1.80. The van der Waals surface area contributed by atoms with E-state index in [9.17, 15) is 4.79 Å². The lowest BCUT2D eigenvalue weighted by atomic mass is 10.1. The summed E-state index contributed by atoms with van der Waals surface area (Å²) in [5.41, 5.74) is 1.76. The molecule has 0 bridgehead atoms. The van der Waals surface area contributed by atoms with Gasteiger partial charge in [-0.1, -0.05) is 31.5 Å². The van der Waals surface area contributed by atoms with E-state index in [2.05, 4.69) is 17.2 Å². The average Bonchev–Trinajstić information content (AvgIpc) is 2.82. The van der Waals surface area contributed by atoms with Crippen LogP contribution in [0.25, 0.3) is 10.9 Å². The molecule has 1 saturated carbocycles. The summed E-state index contributed by atoms with van der Waals surface area (Å²) in [4.78, 5) is 15.0. The maximum absolute atomic E-state index is 12.0. The zero-order valence-electron chi connectivity index (χ0n) is 11.3. The first-order valence-electron chi connectivity index (χ1n) is 7.08. The second-order valence-corrected chi connectivity index (χ2v) is 5.61. The molecule has 1 fully saturated rings. The molecular formula is C16H20N2O. The van der Waals surface area contributed by atoms with Crippen LogP contribution >= 0.6 is 0 Å². The zero-order chi connectivity index (χ0) is 13.2. The van der Waals surface area contributed by atoms with Crippen LogP contribution in [0, 0.1) is 5.92 Å². The van der Waals surface area contributed by atoms with Crippen LogP contribution in [0.1, 0.15) is 31.7 Å². The Kier molecular flexibility index (Phi) is 3.38. The van der Waals surface area contributed by atoms with Crippen LogP contribution in [0.2, 0.25) is 0 Å². The van der Waals surface area contributed by atoms with Gasteiger partial charge in [-0.2, -0.15) is 0 Å². The highest BCUT2D eigenvalue weighted by Crippen LogP contribution is 2.24. The fourth-order valence-electron chi connectivity index (χ4n) is 3.01. The third-order valence-corrected chi connectivity index (χ3v) is 4.25. The first-order chi connectivity index (χ1) is 9.24. The van der Waals surface area contributed by atoms with Gasteiger partial charge in [0, 0.05) is 23.7 Å². The molecule has 1 aliphatic carbocycles. The maximum atomic E-state index is 12.0. The number of hydrogen-bond acceptors (Lipinski definition) is 2. The summed E-state index contributed by atoms with van der Waals surface area (Å²) in [7, 11) is 0. The van der Waals surface area contributed by atoms with Crippen molar-refractivity contribution in [2.24, 2.45) is 5.92 Å². The van der Waals surface area contributed by atoms with Crippen molar-refractivity contribution >= 4 is 10.9 Å². The van der Waals surface area contributed by atoms with Gasteiger partial charge in [0.1, 0.15) is 0 Å². The normalized spacial score (nSPS) is 23.0. The van der Waals surface area contributed by atoms with Crippen molar-refractivity contribution in [3.63, 3.8) is 0 Å². The van der Waals surface area contributed by atoms with Crippen molar-refractivity contribution in [2.75, 3.05) is 0 Å². The first kappa shape index (κ1) is 12.4. The Bertz CT molecular complexity index is 632. The van der Waals surface area contributed by atoms with Crippen LogP contribution in [-0.2, 0) is 6.54 Å². The van der Waals surface area contributed by atoms with E-state index in [1.807, 2.05) is 30.3 Å². The monoisotopic (exact) mass is 256 g/mol. The van der Waals surface area contributed by atoms with E-state index >= 15 is 0 Å². The number of pyridine rings is 1. The highest BCUT2D eigenvalue weighted by molar-refractivity contribution is 5.78. The Morgan fingerprint density at radius 1 is 1.32 bits per heavy atom. The highest BCUT2D eigenvalue weighted by atomic mass is 16.1. The standard InChI is InChI=1S/C16H20N2O/c1-11-5-4-8-14(11)17-10-13-9-12-6-2-3-7-15(12)18-16(13)19/h2-3,6-7,9,11,14,17H,4-5,8,10H2,1H3,(H,18,19). The van der Waals surface area contributed by atoms with E-state index in [1.165, 1.54) is 19.3 Å². The third kappa shape index (κ3) is 2.56. The Morgan fingerprint density at radius 2 is 2.16 bits per heavy atom. The molecule has 0 radical (unpaired) electrons. The maximum Gasteiger partial charge on any atom is 0.252 e. The molecule has 0 aliphatic heterocycles. The summed E-state index contributed by atoms with van der Waals surface area (Å²) < 4.78 is 0. The molecule has 0 saturated heterocycles. The van der Waals surface area contributed by atoms with Gasteiger partial charge in [-0.05, 0) is 36.3 Å². The molecule has 2 atom stereocenters. The van der Waals surface area contributed by atoms with Gasteiger partial charge < -0.3 is 10.3 Å². The second-order valence-electron chi connectivity index (χ2n) is 5.61. The first-order valence-corrected chi connectivity index (χ1v) is 7.08. The minimum Gasteiger partial charge on any atom is -0.322 e. The van der Waals surface area contributed by atoms with Crippen LogP contribution in [0.4, 0.5) is 0 Å². The van der Waals surface area contributed by atoms with Crippen LogP contribution in [0.15, 0.2) is 35.1 Å². The quantitative estimate of drug-likeness (QED) is 0.887. The molecule has 1 heterocycles.